The number of nitrogens with zero attached hydrogens (tertiary/aromatic N) is 1. The van der Waals surface area contributed by atoms with Crippen molar-refractivity contribution in [3.63, 3.8) is 0 Å². The van der Waals surface area contributed by atoms with Crippen LogP contribution in [0.2, 0.25) is 0 Å². The highest BCUT2D eigenvalue weighted by Crippen LogP contribution is 2.35. The zero-order chi connectivity index (χ0) is 15.4. The fraction of sp³-hybridized carbons (Fsp3) is 0.238. The average molecular weight is 289 g/mol. The van der Waals surface area contributed by atoms with Gasteiger partial charge in [0.25, 0.3) is 0 Å². The Labute approximate surface area is 133 Å². The van der Waals surface area contributed by atoms with Gasteiger partial charge in [0.1, 0.15) is 0 Å². The van der Waals surface area contributed by atoms with Crippen LogP contribution < -0.4 is 0 Å². The van der Waals surface area contributed by atoms with Crippen molar-refractivity contribution < 1.29 is 0 Å². The molecule has 2 aromatic carbocycles. The molecule has 1 aliphatic carbocycles. The lowest BCUT2D eigenvalue weighted by Gasteiger charge is -2.17. The molecule has 0 saturated carbocycles. The van der Waals surface area contributed by atoms with Crippen LogP contribution in [0.25, 0.3) is 12.2 Å². The molecule has 0 bridgehead atoms. The Hall–Kier alpha value is -2.12. The molecular weight excluding hydrogens is 266 g/mol. The topological polar surface area (TPSA) is 3.24 Å². The molecule has 0 aromatic heterocycles. The maximum atomic E-state index is 2.37. The predicted molar refractivity (Wildman–Crippen MR) is 96.0 cm³/mol. The van der Waals surface area contributed by atoms with Gasteiger partial charge in [0.15, 0.2) is 0 Å². The summed E-state index contributed by atoms with van der Waals surface area (Å²) in [6, 6.07) is 17.4. The second-order valence-corrected chi connectivity index (χ2v) is 6.09. The largest absolute Gasteiger partial charge is 0.309 e. The molecule has 2 aromatic rings. The van der Waals surface area contributed by atoms with Gasteiger partial charge in [0.05, 0.1) is 0 Å². The molecule has 3 rings (SSSR count). The first kappa shape index (κ1) is 14.8. The van der Waals surface area contributed by atoms with Crippen LogP contribution in [0.4, 0.5) is 0 Å². The van der Waals surface area contributed by atoms with E-state index in [4.69, 9.17) is 0 Å². The summed E-state index contributed by atoms with van der Waals surface area (Å²) in [6.07, 6.45) is 10.3. The Kier molecular flexibility index (Phi) is 4.55. The predicted octanol–water partition coefficient (Wildman–Crippen LogP) is 4.81. The van der Waals surface area contributed by atoms with E-state index in [1.54, 1.807) is 0 Å². The van der Waals surface area contributed by atoms with Crippen LogP contribution in [0.1, 0.15) is 34.6 Å². The van der Waals surface area contributed by atoms with Crippen LogP contribution in [-0.4, -0.2) is 25.5 Å². The first-order valence-corrected chi connectivity index (χ1v) is 7.93. The lowest BCUT2D eigenvalue weighted by atomic mass is 9.87. The average Bonchev–Trinajstić information content (AvgIpc) is 2.69. The molecule has 1 nitrogen and oxygen atoms in total. The Balaban J connectivity index is 1.98. The Bertz CT molecular complexity index is 645. The van der Waals surface area contributed by atoms with Gasteiger partial charge in [-0.3, -0.25) is 0 Å². The minimum absolute atomic E-state index is 0.338. The molecule has 0 amide bonds. The summed E-state index contributed by atoms with van der Waals surface area (Å²) in [6.45, 7) is 1.09. The van der Waals surface area contributed by atoms with Gasteiger partial charge in [0.2, 0.25) is 0 Å². The first-order valence-electron chi connectivity index (χ1n) is 7.93. The monoisotopic (exact) mass is 289 g/mol. The van der Waals surface area contributed by atoms with Crippen molar-refractivity contribution in [3.8, 4) is 0 Å². The number of rotatable bonds is 4. The zero-order valence-corrected chi connectivity index (χ0v) is 13.4. The van der Waals surface area contributed by atoms with Crippen molar-refractivity contribution in [2.75, 3.05) is 20.6 Å². The molecule has 22 heavy (non-hydrogen) atoms. The van der Waals surface area contributed by atoms with Crippen molar-refractivity contribution in [3.05, 3.63) is 82.9 Å². The number of hydrogen-bond acceptors (Lipinski definition) is 1. The summed E-state index contributed by atoms with van der Waals surface area (Å²) in [5.74, 6) is 0.338. The highest BCUT2D eigenvalue weighted by Gasteiger charge is 2.18. The quantitative estimate of drug-likeness (QED) is 0.730. The van der Waals surface area contributed by atoms with E-state index >= 15 is 0 Å². The minimum atomic E-state index is 0.338. The van der Waals surface area contributed by atoms with Gasteiger partial charge in [-0.2, -0.15) is 0 Å². The molecule has 1 heteroatoms. The van der Waals surface area contributed by atoms with Crippen LogP contribution in [0.15, 0.2) is 60.7 Å². The van der Waals surface area contributed by atoms with Gasteiger partial charge in [-0.25, -0.2) is 0 Å². The molecule has 0 spiro atoms. The molecule has 0 fully saturated rings. The van der Waals surface area contributed by atoms with Crippen molar-refractivity contribution in [2.45, 2.75) is 12.3 Å². The molecule has 0 radical (unpaired) electrons. The van der Waals surface area contributed by atoms with Crippen LogP contribution in [0.3, 0.4) is 0 Å². The summed E-state index contributed by atoms with van der Waals surface area (Å²) in [5.41, 5.74) is 5.43. The molecule has 0 N–H and O–H groups in total. The third-order valence-corrected chi connectivity index (χ3v) is 4.18. The van der Waals surface area contributed by atoms with E-state index in [1.165, 1.54) is 22.3 Å². The summed E-state index contributed by atoms with van der Waals surface area (Å²) < 4.78 is 0. The minimum Gasteiger partial charge on any atom is -0.309 e. The Morgan fingerprint density at radius 3 is 1.95 bits per heavy atom. The fourth-order valence-corrected chi connectivity index (χ4v) is 3.01. The van der Waals surface area contributed by atoms with Gasteiger partial charge in [-0.05, 0) is 42.8 Å². The summed E-state index contributed by atoms with van der Waals surface area (Å²) in [5, 5.41) is 0. The van der Waals surface area contributed by atoms with Crippen LogP contribution in [0, 0.1) is 0 Å². The van der Waals surface area contributed by atoms with Gasteiger partial charge in [0, 0.05) is 12.5 Å². The molecule has 112 valence electrons. The zero-order valence-electron chi connectivity index (χ0n) is 13.4. The Morgan fingerprint density at radius 2 is 1.41 bits per heavy atom. The van der Waals surface area contributed by atoms with E-state index in [9.17, 15) is 0 Å². The van der Waals surface area contributed by atoms with Gasteiger partial charge < -0.3 is 4.90 Å². The van der Waals surface area contributed by atoms with Crippen LogP contribution in [0.5, 0.6) is 0 Å². The smallest absolute Gasteiger partial charge is 0.0281 e. The second-order valence-electron chi connectivity index (χ2n) is 6.09. The number of fused-ring (bicyclic) bond motifs is 2. The van der Waals surface area contributed by atoms with Crippen LogP contribution >= 0.6 is 0 Å². The highest BCUT2D eigenvalue weighted by atomic mass is 15.0. The van der Waals surface area contributed by atoms with E-state index in [-0.39, 0.29) is 0 Å². The highest BCUT2D eigenvalue weighted by molar-refractivity contribution is 5.77. The van der Waals surface area contributed by atoms with E-state index < -0.39 is 0 Å². The normalized spacial score (nSPS) is 14.1. The number of benzene rings is 2. The fourth-order valence-electron chi connectivity index (χ4n) is 3.01. The summed E-state index contributed by atoms with van der Waals surface area (Å²) >= 11 is 0. The van der Waals surface area contributed by atoms with E-state index in [0.717, 1.165) is 13.0 Å². The third-order valence-electron chi connectivity index (χ3n) is 4.18. The molecule has 0 atom stereocenters. The summed E-state index contributed by atoms with van der Waals surface area (Å²) in [4.78, 5) is 2.22. The van der Waals surface area contributed by atoms with Crippen molar-refractivity contribution in [1.29, 1.82) is 0 Å². The van der Waals surface area contributed by atoms with Gasteiger partial charge in [-0.15, -0.1) is 0 Å². The molecule has 0 heterocycles. The standard InChI is InChI=1S/C21H23N/c1-22(2)16-8-7-13-21-19-11-5-3-9-17(19)14-15-18-10-4-6-12-20(18)21/h3-7,9-15,21H,8,16H2,1-2H3/b13-7+. The number of allylic oxidation sites excluding steroid dienone is 1. The van der Waals surface area contributed by atoms with Crippen molar-refractivity contribution in [1.82, 2.24) is 4.90 Å². The maximum Gasteiger partial charge on any atom is 0.0281 e. The van der Waals surface area contributed by atoms with Crippen molar-refractivity contribution in [2.24, 2.45) is 0 Å². The Morgan fingerprint density at radius 1 is 0.864 bits per heavy atom. The van der Waals surface area contributed by atoms with E-state index in [0.29, 0.717) is 5.92 Å². The molecule has 0 saturated heterocycles. The molecule has 1 aliphatic rings. The lowest BCUT2D eigenvalue weighted by molar-refractivity contribution is 0.417. The first-order chi connectivity index (χ1) is 10.8. The lowest BCUT2D eigenvalue weighted by Crippen LogP contribution is -2.12. The van der Waals surface area contributed by atoms with E-state index in [1.807, 2.05) is 0 Å². The number of hydrogen-bond donors (Lipinski definition) is 0. The molecular formula is C21H23N. The molecule has 0 aliphatic heterocycles. The van der Waals surface area contributed by atoms with E-state index in [2.05, 4.69) is 91.8 Å². The van der Waals surface area contributed by atoms with Gasteiger partial charge >= 0.3 is 0 Å². The SMILES string of the molecule is CN(C)CC/C=C/C1c2ccccc2C=Cc2ccccc21. The summed E-state index contributed by atoms with van der Waals surface area (Å²) in [7, 11) is 4.24. The third kappa shape index (κ3) is 3.20. The maximum absolute atomic E-state index is 2.37. The van der Waals surface area contributed by atoms with Crippen molar-refractivity contribution >= 4 is 12.2 Å². The second kappa shape index (κ2) is 6.76. The van der Waals surface area contributed by atoms with Gasteiger partial charge in [-0.1, -0.05) is 72.8 Å². The van der Waals surface area contributed by atoms with Crippen LogP contribution in [-0.2, 0) is 0 Å². The molecule has 0 unspecified atom stereocenters.